The second-order valence-corrected chi connectivity index (χ2v) is 6.44. The minimum Gasteiger partial charge on any atom is -0.352 e. The number of nitrogens with zero attached hydrogens (tertiary/aromatic N) is 1. The van der Waals surface area contributed by atoms with Gasteiger partial charge < -0.3 is 5.32 Å². The fourth-order valence-electron chi connectivity index (χ4n) is 3.42. The molecule has 0 radical (unpaired) electrons. The summed E-state index contributed by atoms with van der Waals surface area (Å²) in [5, 5.41) is 3.19. The Hall–Kier alpha value is -0.900. The molecule has 2 fully saturated rings. The molecule has 0 aromatic heterocycles. The van der Waals surface area contributed by atoms with Crippen LogP contribution in [-0.2, 0) is 9.59 Å². The van der Waals surface area contributed by atoms with Crippen LogP contribution in [0.5, 0.6) is 0 Å². The Balaban J connectivity index is 1.71. The summed E-state index contributed by atoms with van der Waals surface area (Å²) in [6, 6.07) is 0.777. The van der Waals surface area contributed by atoms with Gasteiger partial charge in [-0.2, -0.15) is 0 Å². The molecule has 4 nitrogen and oxygen atoms in total. The van der Waals surface area contributed by atoms with E-state index < -0.39 is 0 Å². The van der Waals surface area contributed by atoms with E-state index in [9.17, 15) is 9.59 Å². The molecule has 20 heavy (non-hydrogen) atoms. The van der Waals surface area contributed by atoms with Crippen molar-refractivity contribution in [1.29, 1.82) is 0 Å². The molecule has 0 aliphatic heterocycles. The summed E-state index contributed by atoms with van der Waals surface area (Å²) in [4.78, 5) is 25.5. The van der Waals surface area contributed by atoms with Crippen LogP contribution in [0.4, 0.5) is 0 Å². The van der Waals surface area contributed by atoms with E-state index in [0.717, 1.165) is 25.7 Å². The molecule has 0 saturated heterocycles. The van der Waals surface area contributed by atoms with Gasteiger partial charge in [0.25, 0.3) is 0 Å². The third kappa shape index (κ3) is 4.89. The summed E-state index contributed by atoms with van der Waals surface area (Å²) < 4.78 is 0. The molecule has 1 N–H and O–H groups in total. The van der Waals surface area contributed by atoms with Crippen LogP contribution in [0.25, 0.3) is 0 Å². The fourth-order valence-corrected chi connectivity index (χ4v) is 3.42. The monoisotopic (exact) mass is 280 g/mol. The topological polar surface area (TPSA) is 49.4 Å². The molecule has 2 rings (SSSR count). The molecule has 2 aliphatic carbocycles. The number of carbonyl (C=O) groups excluding carboxylic acids is 2. The minimum absolute atomic E-state index is 0.149. The standard InChI is InChI=1S/C16H28N2O2/c1-18(14-8-10-15(19)11-9-14)12-16(20)17-13-6-4-2-3-5-7-13/h13-14H,2-12H2,1H3,(H,17,20). The fraction of sp³-hybridized carbons (Fsp3) is 0.875. The first-order valence-electron chi connectivity index (χ1n) is 8.16. The van der Waals surface area contributed by atoms with E-state index in [1.165, 1.54) is 25.7 Å². The highest BCUT2D eigenvalue weighted by Crippen LogP contribution is 2.20. The lowest BCUT2D eigenvalue weighted by Crippen LogP contribution is -2.45. The molecular weight excluding hydrogens is 252 g/mol. The number of Topliss-reactive ketones (excluding diaryl/α,β-unsaturated/α-hetero) is 1. The zero-order chi connectivity index (χ0) is 14.4. The van der Waals surface area contributed by atoms with Crippen molar-refractivity contribution in [3.8, 4) is 0 Å². The Kier molecular flexibility index (Phi) is 6.02. The van der Waals surface area contributed by atoms with Gasteiger partial charge in [0.15, 0.2) is 0 Å². The van der Waals surface area contributed by atoms with Crippen LogP contribution in [0, 0.1) is 0 Å². The van der Waals surface area contributed by atoms with Gasteiger partial charge in [0.05, 0.1) is 6.54 Å². The Bertz CT molecular complexity index is 325. The van der Waals surface area contributed by atoms with Crippen LogP contribution in [0.2, 0.25) is 0 Å². The van der Waals surface area contributed by atoms with Gasteiger partial charge in [-0.25, -0.2) is 0 Å². The second kappa shape index (κ2) is 7.77. The van der Waals surface area contributed by atoms with E-state index in [1.807, 2.05) is 7.05 Å². The molecule has 0 aromatic carbocycles. The number of hydrogen-bond acceptors (Lipinski definition) is 3. The van der Waals surface area contributed by atoms with Gasteiger partial charge in [-0.3, -0.25) is 14.5 Å². The summed E-state index contributed by atoms with van der Waals surface area (Å²) in [7, 11) is 2.01. The Morgan fingerprint density at radius 1 is 1.10 bits per heavy atom. The Morgan fingerprint density at radius 2 is 1.70 bits per heavy atom. The van der Waals surface area contributed by atoms with Gasteiger partial charge in [0.2, 0.25) is 5.91 Å². The van der Waals surface area contributed by atoms with Gasteiger partial charge in [-0.15, -0.1) is 0 Å². The molecule has 0 unspecified atom stereocenters. The van der Waals surface area contributed by atoms with Crippen molar-refractivity contribution in [3.63, 3.8) is 0 Å². The molecule has 2 aliphatic rings. The third-order valence-corrected chi connectivity index (χ3v) is 4.75. The van der Waals surface area contributed by atoms with E-state index in [1.54, 1.807) is 0 Å². The zero-order valence-corrected chi connectivity index (χ0v) is 12.7. The molecule has 1 amide bonds. The predicted octanol–water partition coefficient (Wildman–Crippen LogP) is 2.27. The first kappa shape index (κ1) is 15.5. The number of amides is 1. The molecule has 0 bridgehead atoms. The highest BCUT2D eigenvalue weighted by Gasteiger charge is 2.24. The Morgan fingerprint density at radius 3 is 2.30 bits per heavy atom. The molecule has 4 heteroatoms. The van der Waals surface area contributed by atoms with Crippen LogP contribution >= 0.6 is 0 Å². The second-order valence-electron chi connectivity index (χ2n) is 6.44. The van der Waals surface area contributed by atoms with Crippen molar-refractivity contribution in [2.24, 2.45) is 0 Å². The third-order valence-electron chi connectivity index (χ3n) is 4.75. The van der Waals surface area contributed by atoms with Crippen molar-refractivity contribution in [2.75, 3.05) is 13.6 Å². The average molecular weight is 280 g/mol. The molecule has 2 saturated carbocycles. The predicted molar refractivity (Wildman–Crippen MR) is 79.5 cm³/mol. The summed E-state index contributed by atoms with van der Waals surface area (Å²) >= 11 is 0. The molecule has 0 atom stereocenters. The minimum atomic E-state index is 0.149. The van der Waals surface area contributed by atoms with Crippen LogP contribution in [0.1, 0.15) is 64.2 Å². The van der Waals surface area contributed by atoms with Crippen molar-refractivity contribution in [3.05, 3.63) is 0 Å². The number of likely N-dealkylation sites (N-methyl/N-ethyl adjacent to an activating group) is 1. The number of carbonyl (C=O) groups is 2. The molecule has 0 spiro atoms. The summed E-state index contributed by atoms with van der Waals surface area (Å²) in [5.74, 6) is 0.522. The number of hydrogen-bond donors (Lipinski definition) is 1. The first-order valence-corrected chi connectivity index (χ1v) is 8.16. The summed E-state index contributed by atoms with van der Waals surface area (Å²) in [5.41, 5.74) is 0. The van der Waals surface area contributed by atoms with Gasteiger partial charge in [-0.1, -0.05) is 25.7 Å². The lowest BCUT2D eigenvalue weighted by Gasteiger charge is -2.30. The molecule has 0 heterocycles. The lowest BCUT2D eigenvalue weighted by molar-refractivity contribution is -0.124. The number of nitrogens with one attached hydrogen (secondary N) is 1. The summed E-state index contributed by atoms with van der Waals surface area (Å²) in [6.07, 6.45) is 10.5. The maximum absolute atomic E-state index is 12.1. The summed E-state index contributed by atoms with van der Waals surface area (Å²) in [6.45, 7) is 0.468. The van der Waals surface area contributed by atoms with E-state index in [4.69, 9.17) is 0 Å². The van der Waals surface area contributed by atoms with Crippen molar-refractivity contribution >= 4 is 11.7 Å². The number of ketones is 1. The highest BCUT2D eigenvalue weighted by atomic mass is 16.2. The first-order chi connectivity index (χ1) is 9.65. The van der Waals surface area contributed by atoms with Crippen LogP contribution < -0.4 is 5.32 Å². The van der Waals surface area contributed by atoms with Crippen LogP contribution in [0.15, 0.2) is 0 Å². The molecular formula is C16H28N2O2. The maximum atomic E-state index is 12.1. The van der Waals surface area contributed by atoms with Gasteiger partial charge in [0, 0.05) is 24.9 Å². The zero-order valence-electron chi connectivity index (χ0n) is 12.7. The highest BCUT2D eigenvalue weighted by molar-refractivity contribution is 5.79. The van der Waals surface area contributed by atoms with Gasteiger partial charge >= 0.3 is 0 Å². The van der Waals surface area contributed by atoms with Crippen molar-refractivity contribution in [1.82, 2.24) is 10.2 Å². The average Bonchev–Trinajstić information content (AvgIpc) is 2.68. The SMILES string of the molecule is CN(CC(=O)NC1CCCCCC1)C1CCC(=O)CC1. The lowest BCUT2D eigenvalue weighted by atomic mass is 9.93. The molecule has 114 valence electrons. The largest absolute Gasteiger partial charge is 0.352 e. The van der Waals surface area contributed by atoms with Crippen molar-refractivity contribution < 1.29 is 9.59 Å². The van der Waals surface area contributed by atoms with E-state index in [-0.39, 0.29) is 5.91 Å². The van der Waals surface area contributed by atoms with Gasteiger partial charge in [-0.05, 0) is 32.7 Å². The van der Waals surface area contributed by atoms with Crippen LogP contribution in [-0.4, -0.2) is 42.3 Å². The van der Waals surface area contributed by atoms with E-state index >= 15 is 0 Å². The smallest absolute Gasteiger partial charge is 0.234 e. The van der Waals surface area contributed by atoms with Crippen LogP contribution in [0.3, 0.4) is 0 Å². The Labute approximate surface area is 122 Å². The van der Waals surface area contributed by atoms with Crippen molar-refractivity contribution in [2.45, 2.75) is 76.3 Å². The molecule has 0 aromatic rings. The van der Waals surface area contributed by atoms with Gasteiger partial charge in [0.1, 0.15) is 5.78 Å². The normalized spacial score (nSPS) is 22.8. The van der Waals surface area contributed by atoms with E-state index in [2.05, 4.69) is 10.2 Å². The quantitative estimate of drug-likeness (QED) is 0.804. The van der Waals surface area contributed by atoms with E-state index in [0.29, 0.717) is 37.3 Å². The number of rotatable bonds is 4. The maximum Gasteiger partial charge on any atom is 0.234 e.